The van der Waals surface area contributed by atoms with E-state index in [4.69, 9.17) is 5.73 Å². The van der Waals surface area contributed by atoms with Crippen molar-refractivity contribution in [3.05, 3.63) is 0 Å². The van der Waals surface area contributed by atoms with Gasteiger partial charge in [0.05, 0.1) is 6.04 Å². The molecule has 1 aliphatic carbocycles. The van der Waals surface area contributed by atoms with Crippen LogP contribution in [0.2, 0.25) is 0 Å². The molecular formula is C15H27N3O2. The van der Waals surface area contributed by atoms with E-state index in [-0.39, 0.29) is 11.8 Å². The monoisotopic (exact) mass is 281 g/mol. The van der Waals surface area contributed by atoms with Crippen molar-refractivity contribution in [3.8, 4) is 0 Å². The minimum absolute atomic E-state index is 0.0688. The van der Waals surface area contributed by atoms with Gasteiger partial charge in [0.15, 0.2) is 0 Å². The third-order valence-corrected chi connectivity index (χ3v) is 4.50. The van der Waals surface area contributed by atoms with Crippen LogP contribution in [0.25, 0.3) is 0 Å². The lowest BCUT2D eigenvalue weighted by Gasteiger charge is -2.25. The van der Waals surface area contributed by atoms with E-state index in [9.17, 15) is 9.59 Å². The van der Waals surface area contributed by atoms with Gasteiger partial charge in [-0.2, -0.15) is 0 Å². The molecule has 0 spiro atoms. The molecule has 4 N–H and O–H groups in total. The molecule has 114 valence electrons. The minimum atomic E-state index is -0.478. The molecule has 1 aliphatic heterocycles. The Morgan fingerprint density at radius 2 is 1.90 bits per heavy atom. The van der Waals surface area contributed by atoms with Crippen molar-refractivity contribution in [2.24, 2.45) is 11.7 Å². The highest BCUT2D eigenvalue weighted by atomic mass is 16.2. The van der Waals surface area contributed by atoms with Gasteiger partial charge in [0, 0.05) is 6.54 Å². The zero-order chi connectivity index (χ0) is 14.4. The third kappa shape index (κ3) is 4.47. The average molecular weight is 281 g/mol. The maximum absolute atomic E-state index is 12.1. The van der Waals surface area contributed by atoms with E-state index in [2.05, 4.69) is 10.6 Å². The van der Waals surface area contributed by atoms with Gasteiger partial charge in [-0.15, -0.1) is 0 Å². The van der Waals surface area contributed by atoms with Crippen LogP contribution in [0.15, 0.2) is 0 Å². The molecule has 0 bridgehead atoms. The number of nitrogens with two attached hydrogens (primary N) is 1. The normalized spacial score (nSPS) is 26.4. The predicted octanol–water partition coefficient (Wildman–Crippen LogP) is 1.07. The maximum Gasteiger partial charge on any atom is 0.242 e. The van der Waals surface area contributed by atoms with Gasteiger partial charge in [0.25, 0.3) is 0 Å². The maximum atomic E-state index is 12.1. The fourth-order valence-corrected chi connectivity index (χ4v) is 3.24. The Labute approximate surface area is 121 Å². The smallest absolute Gasteiger partial charge is 0.242 e. The second-order valence-electron chi connectivity index (χ2n) is 6.19. The molecule has 1 heterocycles. The second kappa shape index (κ2) is 7.62. The first-order chi connectivity index (χ1) is 9.66. The first-order valence-electron chi connectivity index (χ1n) is 8.00. The van der Waals surface area contributed by atoms with Crippen molar-refractivity contribution in [2.75, 3.05) is 6.54 Å². The number of carbonyl (C=O) groups is 2. The van der Waals surface area contributed by atoms with Crippen LogP contribution in [0.3, 0.4) is 0 Å². The Bertz CT molecular complexity index is 340. The quantitative estimate of drug-likeness (QED) is 0.720. The van der Waals surface area contributed by atoms with Gasteiger partial charge < -0.3 is 16.4 Å². The summed E-state index contributed by atoms with van der Waals surface area (Å²) in [5.74, 6) is 0.339. The number of rotatable bonds is 4. The van der Waals surface area contributed by atoms with E-state index in [1.54, 1.807) is 0 Å². The molecule has 0 aromatic carbocycles. The molecule has 2 rings (SSSR count). The summed E-state index contributed by atoms with van der Waals surface area (Å²) in [5.41, 5.74) is 6.01. The molecule has 5 nitrogen and oxygen atoms in total. The van der Waals surface area contributed by atoms with Crippen LogP contribution in [0.1, 0.15) is 57.8 Å². The highest BCUT2D eigenvalue weighted by Crippen LogP contribution is 2.27. The molecule has 0 aromatic heterocycles. The number of nitrogens with one attached hydrogen (secondary N) is 2. The zero-order valence-corrected chi connectivity index (χ0v) is 12.2. The Morgan fingerprint density at radius 1 is 1.20 bits per heavy atom. The van der Waals surface area contributed by atoms with Crippen molar-refractivity contribution in [1.82, 2.24) is 10.6 Å². The molecule has 2 unspecified atom stereocenters. The third-order valence-electron chi connectivity index (χ3n) is 4.50. The van der Waals surface area contributed by atoms with Crippen molar-refractivity contribution < 1.29 is 9.59 Å². The fraction of sp³-hybridized carbons (Fsp3) is 0.867. The lowest BCUT2D eigenvalue weighted by Crippen LogP contribution is -2.51. The number of carbonyl (C=O) groups excluding carboxylic acids is 2. The largest absolute Gasteiger partial charge is 0.354 e. The van der Waals surface area contributed by atoms with Gasteiger partial charge in [0.2, 0.25) is 11.8 Å². The van der Waals surface area contributed by atoms with E-state index < -0.39 is 12.1 Å². The van der Waals surface area contributed by atoms with Gasteiger partial charge >= 0.3 is 0 Å². The van der Waals surface area contributed by atoms with Crippen molar-refractivity contribution in [1.29, 1.82) is 0 Å². The van der Waals surface area contributed by atoms with E-state index >= 15 is 0 Å². The van der Waals surface area contributed by atoms with E-state index in [0.29, 0.717) is 18.9 Å². The Balaban J connectivity index is 1.78. The van der Waals surface area contributed by atoms with Crippen LogP contribution in [-0.2, 0) is 9.59 Å². The molecule has 0 aromatic rings. The van der Waals surface area contributed by atoms with Gasteiger partial charge in [0.1, 0.15) is 6.04 Å². The summed E-state index contributed by atoms with van der Waals surface area (Å²) in [6.07, 6.45) is 9.59. The van der Waals surface area contributed by atoms with Crippen LogP contribution in [0, 0.1) is 5.92 Å². The van der Waals surface area contributed by atoms with E-state index in [0.717, 1.165) is 19.3 Å². The van der Waals surface area contributed by atoms with Crippen molar-refractivity contribution in [3.63, 3.8) is 0 Å². The Morgan fingerprint density at radius 3 is 2.65 bits per heavy atom. The molecular weight excluding hydrogens is 254 g/mol. The number of hydrogen-bond donors (Lipinski definition) is 3. The lowest BCUT2D eigenvalue weighted by molar-refractivity contribution is -0.129. The molecule has 1 saturated carbocycles. The molecule has 20 heavy (non-hydrogen) atoms. The van der Waals surface area contributed by atoms with Gasteiger partial charge in [-0.05, 0) is 31.6 Å². The molecule has 2 fully saturated rings. The zero-order valence-electron chi connectivity index (χ0n) is 12.2. The summed E-state index contributed by atoms with van der Waals surface area (Å²) in [5, 5.41) is 5.65. The standard InChI is InChI=1S/C15H27N3O2/c16-12(10-11-6-2-1-3-7-11)14(19)18-13-8-4-5-9-17-15(13)20/h11-13H,1-10,16H2,(H,17,20)(H,18,19). The highest BCUT2D eigenvalue weighted by Gasteiger charge is 2.26. The van der Waals surface area contributed by atoms with Crippen LogP contribution in [0.5, 0.6) is 0 Å². The Hall–Kier alpha value is -1.10. The van der Waals surface area contributed by atoms with Crippen LogP contribution >= 0.6 is 0 Å². The summed E-state index contributed by atoms with van der Waals surface area (Å²) in [6.45, 7) is 0.708. The fourth-order valence-electron chi connectivity index (χ4n) is 3.24. The van der Waals surface area contributed by atoms with Crippen molar-refractivity contribution >= 4 is 11.8 Å². The second-order valence-corrected chi connectivity index (χ2v) is 6.19. The summed E-state index contributed by atoms with van der Waals surface area (Å²) in [4.78, 5) is 23.9. The van der Waals surface area contributed by atoms with Gasteiger partial charge in [-0.3, -0.25) is 9.59 Å². The number of amides is 2. The summed E-state index contributed by atoms with van der Waals surface area (Å²) < 4.78 is 0. The predicted molar refractivity (Wildman–Crippen MR) is 78.0 cm³/mol. The topological polar surface area (TPSA) is 84.2 Å². The first kappa shape index (κ1) is 15.3. The first-order valence-corrected chi connectivity index (χ1v) is 8.00. The van der Waals surface area contributed by atoms with Gasteiger partial charge in [-0.25, -0.2) is 0 Å². The van der Waals surface area contributed by atoms with Crippen LogP contribution in [0.4, 0.5) is 0 Å². The minimum Gasteiger partial charge on any atom is -0.354 e. The number of hydrogen-bond acceptors (Lipinski definition) is 3. The summed E-state index contributed by atoms with van der Waals surface area (Å²) >= 11 is 0. The highest BCUT2D eigenvalue weighted by molar-refractivity contribution is 5.89. The van der Waals surface area contributed by atoms with Gasteiger partial charge in [-0.1, -0.05) is 32.1 Å². The Kier molecular flexibility index (Phi) is 5.83. The average Bonchev–Trinajstić information content (AvgIpc) is 2.65. The van der Waals surface area contributed by atoms with Crippen LogP contribution < -0.4 is 16.4 Å². The van der Waals surface area contributed by atoms with Crippen molar-refractivity contribution in [2.45, 2.75) is 69.9 Å². The van der Waals surface area contributed by atoms with E-state index in [1.165, 1.54) is 32.1 Å². The molecule has 2 atom stereocenters. The summed E-state index contributed by atoms with van der Waals surface area (Å²) in [6, 6.07) is -0.878. The molecule has 2 amide bonds. The lowest BCUT2D eigenvalue weighted by atomic mass is 9.85. The SMILES string of the molecule is NC(CC1CCCCC1)C(=O)NC1CCCCNC1=O. The van der Waals surface area contributed by atoms with Crippen LogP contribution in [-0.4, -0.2) is 30.4 Å². The molecule has 1 saturated heterocycles. The van der Waals surface area contributed by atoms with E-state index in [1.807, 2.05) is 0 Å². The molecule has 5 heteroatoms. The summed E-state index contributed by atoms with van der Waals surface area (Å²) in [7, 11) is 0. The molecule has 0 radical (unpaired) electrons. The molecule has 2 aliphatic rings.